The molecule has 4 rings (SSSR count). The fourth-order valence-corrected chi connectivity index (χ4v) is 4.40. The summed E-state index contributed by atoms with van der Waals surface area (Å²) in [4.78, 5) is 28.7. The standard InChI is InChI=1S/C18H26N4O3/c1-13-7-15(20(2)19-13)17(24)22-11-18(12-22)9-14(10-25-18)8-16(23)21-5-3-4-6-21/h7,14H,3-6,8-12H2,1-2H3. The number of amides is 2. The maximum atomic E-state index is 12.6. The van der Waals surface area contributed by atoms with Crippen molar-refractivity contribution in [3.63, 3.8) is 0 Å². The van der Waals surface area contributed by atoms with Crippen LogP contribution in [0.15, 0.2) is 6.07 Å². The number of rotatable bonds is 3. The molecule has 3 aliphatic rings. The summed E-state index contributed by atoms with van der Waals surface area (Å²) in [6.07, 6.45) is 3.71. The lowest BCUT2D eigenvalue weighted by Gasteiger charge is -2.47. The van der Waals surface area contributed by atoms with Gasteiger partial charge in [-0.3, -0.25) is 14.3 Å². The van der Waals surface area contributed by atoms with Crippen LogP contribution in [0, 0.1) is 12.8 Å². The van der Waals surface area contributed by atoms with E-state index in [4.69, 9.17) is 4.74 Å². The van der Waals surface area contributed by atoms with E-state index in [9.17, 15) is 9.59 Å². The molecule has 0 radical (unpaired) electrons. The zero-order valence-corrected chi connectivity index (χ0v) is 15.0. The van der Waals surface area contributed by atoms with E-state index >= 15 is 0 Å². The minimum Gasteiger partial charge on any atom is -0.371 e. The lowest BCUT2D eigenvalue weighted by atomic mass is 9.85. The molecule has 0 aliphatic carbocycles. The van der Waals surface area contributed by atoms with E-state index < -0.39 is 0 Å². The number of aromatic nitrogens is 2. The molecule has 2 amide bonds. The molecule has 1 aromatic rings. The maximum Gasteiger partial charge on any atom is 0.272 e. The first-order valence-corrected chi connectivity index (χ1v) is 9.17. The van der Waals surface area contributed by atoms with Gasteiger partial charge >= 0.3 is 0 Å². The third-order valence-corrected chi connectivity index (χ3v) is 5.67. The summed E-state index contributed by atoms with van der Waals surface area (Å²) >= 11 is 0. The van der Waals surface area contributed by atoms with Gasteiger partial charge in [-0.1, -0.05) is 0 Å². The lowest BCUT2D eigenvalue weighted by Crippen LogP contribution is -2.63. The Morgan fingerprint density at radius 2 is 2.00 bits per heavy atom. The van der Waals surface area contributed by atoms with E-state index in [2.05, 4.69) is 5.10 Å². The van der Waals surface area contributed by atoms with Gasteiger partial charge in [0.05, 0.1) is 25.4 Å². The van der Waals surface area contributed by atoms with Crippen molar-refractivity contribution < 1.29 is 14.3 Å². The van der Waals surface area contributed by atoms with Crippen molar-refractivity contribution in [2.75, 3.05) is 32.8 Å². The topological polar surface area (TPSA) is 67.7 Å². The number of hydrogen-bond acceptors (Lipinski definition) is 4. The summed E-state index contributed by atoms with van der Waals surface area (Å²) in [6, 6.07) is 1.82. The molecule has 7 nitrogen and oxygen atoms in total. The number of nitrogens with zero attached hydrogens (tertiary/aromatic N) is 4. The predicted octanol–water partition coefficient (Wildman–Crippen LogP) is 0.972. The Kier molecular flexibility index (Phi) is 4.06. The van der Waals surface area contributed by atoms with Crippen LogP contribution >= 0.6 is 0 Å². The largest absolute Gasteiger partial charge is 0.371 e. The minimum atomic E-state index is -0.237. The predicted molar refractivity (Wildman–Crippen MR) is 91.1 cm³/mol. The van der Waals surface area contributed by atoms with Crippen LogP contribution in [0.5, 0.6) is 0 Å². The Bertz CT molecular complexity index is 686. The molecule has 1 atom stereocenters. The van der Waals surface area contributed by atoms with Gasteiger partial charge in [-0.25, -0.2) is 0 Å². The maximum absolute atomic E-state index is 12.6. The van der Waals surface area contributed by atoms with Crippen molar-refractivity contribution in [1.82, 2.24) is 19.6 Å². The van der Waals surface area contributed by atoms with Crippen LogP contribution in [-0.4, -0.2) is 69.8 Å². The molecule has 0 N–H and O–H groups in total. The summed E-state index contributed by atoms with van der Waals surface area (Å²) in [5.74, 6) is 0.555. The van der Waals surface area contributed by atoms with Crippen molar-refractivity contribution in [1.29, 1.82) is 0 Å². The van der Waals surface area contributed by atoms with Crippen molar-refractivity contribution in [3.05, 3.63) is 17.5 Å². The van der Waals surface area contributed by atoms with E-state index in [1.807, 2.05) is 22.8 Å². The number of carbonyl (C=O) groups is 2. The molecule has 7 heteroatoms. The van der Waals surface area contributed by atoms with Gasteiger partial charge in [0.15, 0.2) is 0 Å². The SMILES string of the molecule is Cc1cc(C(=O)N2CC3(CC(CC(=O)N4CCCC4)CO3)C2)n(C)n1. The van der Waals surface area contributed by atoms with Crippen LogP contribution in [0.2, 0.25) is 0 Å². The van der Waals surface area contributed by atoms with E-state index in [1.54, 1.807) is 11.7 Å². The summed E-state index contributed by atoms with van der Waals surface area (Å²) in [5.41, 5.74) is 1.23. The Morgan fingerprint density at radius 1 is 1.28 bits per heavy atom. The van der Waals surface area contributed by atoms with Crippen LogP contribution in [0.1, 0.15) is 41.9 Å². The molecule has 0 saturated carbocycles. The monoisotopic (exact) mass is 346 g/mol. The van der Waals surface area contributed by atoms with Gasteiger partial charge < -0.3 is 14.5 Å². The number of carbonyl (C=O) groups excluding carboxylic acids is 2. The van der Waals surface area contributed by atoms with Gasteiger partial charge in [-0.15, -0.1) is 0 Å². The smallest absolute Gasteiger partial charge is 0.272 e. The highest BCUT2D eigenvalue weighted by atomic mass is 16.5. The molecule has 3 saturated heterocycles. The van der Waals surface area contributed by atoms with Crippen molar-refractivity contribution in [3.8, 4) is 0 Å². The quantitative estimate of drug-likeness (QED) is 0.818. The van der Waals surface area contributed by atoms with E-state index in [1.165, 1.54) is 0 Å². The van der Waals surface area contributed by atoms with Gasteiger partial charge in [0, 0.05) is 26.6 Å². The second-order valence-corrected chi connectivity index (χ2v) is 7.81. The summed E-state index contributed by atoms with van der Waals surface area (Å²) in [5, 5.41) is 4.24. The normalized spacial score (nSPS) is 24.8. The molecule has 0 bridgehead atoms. The highest BCUT2D eigenvalue weighted by molar-refractivity contribution is 5.93. The Balaban J connectivity index is 1.30. The van der Waals surface area contributed by atoms with Gasteiger partial charge in [-0.2, -0.15) is 5.10 Å². The van der Waals surface area contributed by atoms with Gasteiger partial charge in [0.25, 0.3) is 5.91 Å². The average Bonchev–Trinajstić information content (AvgIpc) is 3.24. The van der Waals surface area contributed by atoms with Crippen LogP contribution in [0.4, 0.5) is 0 Å². The number of likely N-dealkylation sites (tertiary alicyclic amines) is 2. The lowest BCUT2D eigenvalue weighted by molar-refractivity contribution is -0.131. The molecule has 3 aliphatic heterocycles. The minimum absolute atomic E-state index is 0.00826. The van der Waals surface area contributed by atoms with E-state index in [0.29, 0.717) is 31.8 Å². The number of ether oxygens (including phenoxy) is 1. The molecule has 1 aromatic heterocycles. The zero-order valence-electron chi connectivity index (χ0n) is 15.0. The molecular formula is C18H26N4O3. The van der Waals surface area contributed by atoms with Crippen LogP contribution in [0.25, 0.3) is 0 Å². The van der Waals surface area contributed by atoms with Crippen LogP contribution in [-0.2, 0) is 16.6 Å². The van der Waals surface area contributed by atoms with E-state index in [-0.39, 0.29) is 23.3 Å². The third kappa shape index (κ3) is 3.05. The zero-order chi connectivity index (χ0) is 17.6. The third-order valence-electron chi connectivity index (χ3n) is 5.67. The highest BCUT2D eigenvalue weighted by Gasteiger charge is 2.52. The Morgan fingerprint density at radius 3 is 2.64 bits per heavy atom. The summed E-state index contributed by atoms with van der Waals surface area (Å²) in [7, 11) is 1.79. The summed E-state index contributed by atoms with van der Waals surface area (Å²) in [6.45, 7) is 5.56. The van der Waals surface area contributed by atoms with Gasteiger partial charge in [-0.05, 0) is 38.2 Å². The van der Waals surface area contributed by atoms with Crippen LogP contribution < -0.4 is 0 Å². The fourth-order valence-electron chi connectivity index (χ4n) is 4.40. The van der Waals surface area contributed by atoms with Gasteiger partial charge in [0.1, 0.15) is 11.3 Å². The second kappa shape index (κ2) is 6.12. The molecular weight excluding hydrogens is 320 g/mol. The van der Waals surface area contributed by atoms with Crippen LogP contribution in [0.3, 0.4) is 0 Å². The highest BCUT2D eigenvalue weighted by Crippen LogP contribution is 2.39. The number of aryl methyl sites for hydroxylation is 2. The molecule has 25 heavy (non-hydrogen) atoms. The first-order valence-electron chi connectivity index (χ1n) is 9.17. The van der Waals surface area contributed by atoms with Crippen molar-refractivity contribution in [2.24, 2.45) is 13.0 Å². The molecule has 0 aromatic carbocycles. The Labute approximate surface area is 147 Å². The fraction of sp³-hybridized carbons (Fsp3) is 0.722. The number of hydrogen-bond donors (Lipinski definition) is 0. The molecule has 3 fully saturated rings. The average molecular weight is 346 g/mol. The van der Waals surface area contributed by atoms with Crippen molar-refractivity contribution >= 4 is 11.8 Å². The van der Waals surface area contributed by atoms with Crippen molar-refractivity contribution in [2.45, 2.75) is 38.2 Å². The Hall–Kier alpha value is -1.89. The molecule has 1 unspecified atom stereocenters. The first-order chi connectivity index (χ1) is 12.0. The molecule has 4 heterocycles. The first kappa shape index (κ1) is 16.6. The van der Waals surface area contributed by atoms with Gasteiger partial charge in [0.2, 0.25) is 5.91 Å². The molecule has 136 valence electrons. The summed E-state index contributed by atoms with van der Waals surface area (Å²) < 4.78 is 7.65. The second-order valence-electron chi connectivity index (χ2n) is 7.81. The molecule has 1 spiro atoms. The van der Waals surface area contributed by atoms with E-state index in [0.717, 1.165) is 38.0 Å².